The van der Waals surface area contributed by atoms with Gasteiger partial charge in [-0.25, -0.2) is 0 Å². The summed E-state index contributed by atoms with van der Waals surface area (Å²) >= 11 is 1.78. The molecule has 3 aromatic rings. The van der Waals surface area contributed by atoms with Gasteiger partial charge >= 0.3 is 0 Å². The molecule has 4 atom stereocenters. The van der Waals surface area contributed by atoms with E-state index in [4.69, 9.17) is 4.74 Å². The second kappa shape index (κ2) is 11.4. The Hall–Kier alpha value is -3.04. The van der Waals surface area contributed by atoms with Crippen LogP contribution in [0.3, 0.4) is 0 Å². The number of para-hydroxylation sites is 2. The standard InChI is InChI=1S/C29H36N6O2S/c1-37-28-10-6-5-9-27(28)32-13-15-33(16-14-32)29(36)26-20-34-12-11-22(26)17-24(34)19-35-18-23(30-31-35)21-38-25-7-3-2-4-8-25/h2-10,18,22,24,26H,11-17,19-21H2,1H3/t22-,24+,26-/m0/s1. The van der Waals surface area contributed by atoms with Gasteiger partial charge in [-0.15, -0.1) is 16.9 Å². The van der Waals surface area contributed by atoms with Gasteiger partial charge in [0.2, 0.25) is 5.91 Å². The average Bonchev–Trinajstić information content (AvgIpc) is 3.44. The highest BCUT2D eigenvalue weighted by atomic mass is 32.2. The number of piperazine rings is 1. The van der Waals surface area contributed by atoms with Gasteiger partial charge in [-0.3, -0.25) is 14.4 Å². The highest BCUT2D eigenvalue weighted by Gasteiger charge is 2.44. The summed E-state index contributed by atoms with van der Waals surface area (Å²) in [5, 5.41) is 8.82. The Morgan fingerprint density at radius 2 is 1.82 bits per heavy atom. The Morgan fingerprint density at radius 3 is 2.58 bits per heavy atom. The van der Waals surface area contributed by atoms with Gasteiger partial charge in [0.05, 0.1) is 31.0 Å². The maximum Gasteiger partial charge on any atom is 0.227 e. The van der Waals surface area contributed by atoms with Crippen LogP contribution in [-0.4, -0.2) is 83.1 Å². The molecule has 4 saturated heterocycles. The monoisotopic (exact) mass is 532 g/mol. The molecule has 38 heavy (non-hydrogen) atoms. The molecule has 0 spiro atoms. The third-order valence-corrected chi connectivity index (χ3v) is 9.37. The van der Waals surface area contributed by atoms with Crippen molar-refractivity contribution in [1.82, 2.24) is 24.8 Å². The van der Waals surface area contributed by atoms with Gasteiger partial charge in [0.1, 0.15) is 5.75 Å². The van der Waals surface area contributed by atoms with Crippen LogP contribution in [0.2, 0.25) is 0 Å². The number of nitrogens with zero attached hydrogens (tertiary/aromatic N) is 6. The predicted octanol–water partition coefficient (Wildman–Crippen LogP) is 3.64. The summed E-state index contributed by atoms with van der Waals surface area (Å²) in [5.74, 6) is 2.64. The van der Waals surface area contributed by atoms with Gasteiger partial charge < -0.3 is 14.5 Å². The van der Waals surface area contributed by atoms with Crippen LogP contribution in [0.15, 0.2) is 65.7 Å². The van der Waals surface area contributed by atoms with Gasteiger partial charge in [-0.2, -0.15) is 0 Å². The minimum Gasteiger partial charge on any atom is -0.495 e. The number of amides is 1. The molecule has 4 aliphatic rings. The quantitative estimate of drug-likeness (QED) is 0.411. The van der Waals surface area contributed by atoms with Gasteiger partial charge in [-0.05, 0) is 49.6 Å². The molecule has 4 aliphatic heterocycles. The Labute approximate surface area is 228 Å². The second-order valence-corrected chi connectivity index (χ2v) is 11.6. The van der Waals surface area contributed by atoms with E-state index in [1.54, 1.807) is 18.9 Å². The summed E-state index contributed by atoms with van der Waals surface area (Å²) in [5.41, 5.74) is 2.12. The van der Waals surface area contributed by atoms with E-state index in [1.165, 1.54) is 4.90 Å². The minimum absolute atomic E-state index is 0.117. The van der Waals surface area contributed by atoms with E-state index in [0.717, 1.165) is 81.5 Å². The maximum absolute atomic E-state index is 13.6. The van der Waals surface area contributed by atoms with Crippen LogP contribution in [-0.2, 0) is 17.1 Å². The smallest absolute Gasteiger partial charge is 0.227 e. The number of hydrogen-bond acceptors (Lipinski definition) is 7. The SMILES string of the molecule is COc1ccccc1N1CCN(C(=O)[C@H]2CN3CC[C@H]2C[C@@H]3Cn2cc(CSc3ccccc3)nn2)CC1. The summed E-state index contributed by atoms with van der Waals surface area (Å²) in [6, 6.07) is 19.0. The van der Waals surface area contributed by atoms with E-state index in [-0.39, 0.29) is 5.92 Å². The molecule has 0 N–H and O–H groups in total. The summed E-state index contributed by atoms with van der Waals surface area (Å²) in [4.78, 5) is 21.8. The van der Waals surface area contributed by atoms with Crippen LogP contribution in [0, 0.1) is 11.8 Å². The van der Waals surface area contributed by atoms with E-state index >= 15 is 0 Å². The molecule has 9 heteroatoms. The van der Waals surface area contributed by atoms with Crippen LogP contribution in [0.5, 0.6) is 5.75 Å². The van der Waals surface area contributed by atoms with E-state index in [9.17, 15) is 4.79 Å². The Bertz CT molecular complexity index is 1230. The fourth-order valence-corrected chi connectivity index (χ4v) is 7.08. The molecule has 1 aromatic heterocycles. The lowest BCUT2D eigenvalue weighted by atomic mass is 9.75. The molecule has 2 aromatic carbocycles. The number of hydrogen-bond donors (Lipinski definition) is 0. The fraction of sp³-hybridized carbons (Fsp3) is 0.483. The van der Waals surface area contributed by atoms with Gasteiger partial charge in [-0.1, -0.05) is 35.5 Å². The Balaban J connectivity index is 1.01. The molecule has 5 heterocycles. The Morgan fingerprint density at radius 1 is 1.03 bits per heavy atom. The van der Waals surface area contributed by atoms with Crippen LogP contribution in [0.1, 0.15) is 18.5 Å². The number of benzene rings is 2. The van der Waals surface area contributed by atoms with Crippen molar-refractivity contribution < 1.29 is 9.53 Å². The summed E-state index contributed by atoms with van der Waals surface area (Å²) in [6.07, 6.45) is 4.26. The molecule has 0 saturated carbocycles. The second-order valence-electron chi connectivity index (χ2n) is 10.6. The zero-order chi connectivity index (χ0) is 25.9. The van der Waals surface area contributed by atoms with Crippen molar-refractivity contribution in [2.24, 2.45) is 11.8 Å². The number of thioether (sulfide) groups is 1. The normalized spacial score (nSPS) is 25.0. The summed E-state index contributed by atoms with van der Waals surface area (Å²) < 4.78 is 7.55. The van der Waals surface area contributed by atoms with E-state index in [2.05, 4.69) is 61.5 Å². The van der Waals surface area contributed by atoms with E-state index in [0.29, 0.717) is 17.9 Å². The number of rotatable bonds is 8. The summed E-state index contributed by atoms with van der Waals surface area (Å²) in [7, 11) is 1.71. The molecular weight excluding hydrogens is 496 g/mol. The molecule has 4 fully saturated rings. The van der Waals surface area contributed by atoms with Gasteiger partial charge in [0.15, 0.2) is 0 Å². The lowest BCUT2D eigenvalue weighted by Crippen LogP contribution is -2.60. The summed E-state index contributed by atoms with van der Waals surface area (Å²) in [6.45, 7) is 6.01. The Kier molecular flexibility index (Phi) is 7.56. The fourth-order valence-electron chi connectivity index (χ4n) is 6.28. The van der Waals surface area contributed by atoms with Crippen molar-refractivity contribution in [3.05, 3.63) is 66.5 Å². The molecule has 1 unspecified atom stereocenters. The number of anilines is 1. The topological polar surface area (TPSA) is 66.7 Å². The number of piperidine rings is 3. The van der Waals surface area contributed by atoms with E-state index in [1.807, 2.05) is 28.9 Å². The van der Waals surface area contributed by atoms with Crippen molar-refractivity contribution in [2.75, 3.05) is 51.3 Å². The lowest BCUT2D eigenvalue weighted by Gasteiger charge is -2.50. The van der Waals surface area contributed by atoms with Gasteiger partial charge in [0, 0.05) is 55.6 Å². The molecule has 2 bridgehead atoms. The number of carbonyl (C=O) groups excluding carboxylic acids is 1. The van der Waals surface area contributed by atoms with Gasteiger partial charge in [0.25, 0.3) is 0 Å². The van der Waals surface area contributed by atoms with Crippen LogP contribution < -0.4 is 9.64 Å². The van der Waals surface area contributed by atoms with Crippen LogP contribution in [0.4, 0.5) is 5.69 Å². The number of fused-ring (bicyclic) bond motifs is 3. The third kappa shape index (κ3) is 5.40. The van der Waals surface area contributed by atoms with Crippen molar-refractivity contribution in [1.29, 1.82) is 0 Å². The minimum atomic E-state index is 0.117. The first kappa shape index (κ1) is 25.2. The number of ether oxygens (including phenoxy) is 1. The largest absolute Gasteiger partial charge is 0.495 e. The molecule has 1 amide bonds. The third-order valence-electron chi connectivity index (χ3n) is 8.33. The van der Waals surface area contributed by atoms with Crippen molar-refractivity contribution >= 4 is 23.4 Å². The highest BCUT2D eigenvalue weighted by molar-refractivity contribution is 7.98. The highest BCUT2D eigenvalue weighted by Crippen LogP contribution is 2.38. The maximum atomic E-state index is 13.6. The van der Waals surface area contributed by atoms with Crippen molar-refractivity contribution in [2.45, 2.75) is 36.1 Å². The average molecular weight is 533 g/mol. The molecule has 7 rings (SSSR count). The van der Waals surface area contributed by atoms with Crippen molar-refractivity contribution in [3.63, 3.8) is 0 Å². The molecule has 200 valence electrons. The lowest BCUT2D eigenvalue weighted by molar-refractivity contribution is -0.144. The van der Waals surface area contributed by atoms with Crippen molar-refractivity contribution in [3.8, 4) is 5.75 Å². The molecule has 0 radical (unpaired) electrons. The number of methoxy groups -OCH3 is 1. The van der Waals surface area contributed by atoms with Crippen LogP contribution >= 0.6 is 11.8 Å². The first-order valence-electron chi connectivity index (χ1n) is 13.7. The predicted molar refractivity (Wildman–Crippen MR) is 149 cm³/mol. The first-order valence-corrected chi connectivity index (χ1v) is 14.6. The first-order chi connectivity index (χ1) is 18.7. The molecule has 0 aliphatic carbocycles. The molecule has 8 nitrogen and oxygen atoms in total. The number of aromatic nitrogens is 3. The van der Waals surface area contributed by atoms with E-state index < -0.39 is 0 Å². The molecular formula is C29H36N6O2S. The van der Waals surface area contributed by atoms with Crippen LogP contribution in [0.25, 0.3) is 0 Å². The number of carbonyl (C=O) groups is 1. The zero-order valence-electron chi connectivity index (χ0n) is 22.0. The zero-order valence-corrected chi connectivity index (χ0v) is 22.8.